The van der Waals surface area contributed by atoms with Gasteiger partial charge in [0.2, 0.25) is 5.13 Å². The van der Waals surface area contributed by atoms with Gasteiger partial charge in [0, 0.05) is 32.4 Å². The van der Waals surface area contributed by atoms with Crippen LogP contribution < -0.4 is 4.90 Å². The molecule has 2 saturated heterocycles. The Hall–Kier alpha value is -1.38. The minimum atomic E-state index is 0.0166. The maximum atomic E-state index is 12.6. The van der Waals surface area contributed by atoms with E-state index in [1.165, 1.54) is 31.0 Å². The molecule has 26 heavy (non-hydrogen) atoms. The zero-order valence-electron chi connectivity index (χ0n) is 14.4. The summed E-state index contributed by atoms with van der Waals surface area (Å²) in [6.45, 7) is 3.73. The fraction of sp³-hybridized carbons (Fsp3) is 0.529. The predicted molar refractivity (Wildman–Crippen MR) is 104 cm³/mol. The first-order valence-electron chi connectivity index (χ1n) is 8.92. The summed E-state index contributed by atoms with van der Waals surface area (Å²) >= 11 is 9.35. The molecule has 1 amide bonds. The number of aromatic nitrogens is 3. The van der Waals surface area contributed by atoms with E-state index < -0.39 is 0 Å². The van der Waals surface area contributed by atoms with Gasteiger partial charge in [0.25, 0.3) is 5.91 Å². The highest BCUT2D eigenvalue weighted by molar-refractivity contribution is 8.01. The van der Waals surface area contributed by atoms with Gasteiger partial charge in [-0.3, -0.25) is 4.79 Å². The molecule has 2 aromatic heterocycles. The molecule has 138 valence electrons. The quantitative estimate of drug-likeness (QED) is 0.761. The number of amides is 1. The molecule has 9 heteroatoms. The average molecular weight is 410 g/mol. The number of nitrogens with zero attached hydrogens (tertiary/aromatic N) is 5. The van der Waals surface area contributed by atoms with Crippen molar-refractivity contribution in [3.05, 3.63) is 22.8 Å². The predicted octanol–water partition coefficient (Wildman–Crippen LogP) is 3.96. The third kappa shape index (κ3) is 3.97. The van der Waals surface area contributed by atoms with Crippen LogP contribution in [0.4, 0.5) is 5.13 Å². The van der Waals surface area contributed by atoms with Gasteiger partial charge in [-0.1, -0.05) is 22.9 Å². The molecule has 2 aliphatic heterocycles. The van der Waals surface area contributed by atoms with Gasteiger partial charge in [-0.25, -0.2) is 4.98 Å². The van der Waals surface area contributed by atoms with Crippen LogP contribution in [0.2, 0.25) is 5.02 Å². The van der Waals surface area contributed by atoms with Gasteiger partial charge in [-0.05, 0) is 49.9 Å². The van der Waals surface area contributed by atoms with Crippen LogP contribution in [0.5, 0.6) is 0 Å². The lowest BCUT2D eigenvalue weighted by atomic mass is 10.1. The highest BCUT2D eigenvalue weighted by Crippen LogP contribution is 2.36. The van der Waals surface area contributed by atoms with E-state index in [0.29, 0.717) is 15.6 Å². The first-order chi connectivity index (χ1) is 12.7. The van der Waals surface area contributed by atoms with E-state index in [0.717, 1.165) is 48.5 Å². The van der Waals surface area contributed by atoms with E-state index in [1.54, 1.807) is 23.6 Å². The number of halogens is 1. The molecular weight excluding hydrogens is 390 g/mol. The molecule has 0 unspecified atom stereocenters. The number of rotatable bonds is 4. The van der Waals surface area contributed by atoms with E-state index in [1.807, 2.05) is 4.90 Å². The van der Waals surface area contributed by atoms with Gasteiger partial charge in [0.15, 0.2) is 4.34 Å². The Morgan fingerprint density at radius 2 is 1.81 bits per heavy atom. The monoisotopic (exact) mass is 409 g/mol. The minimum absolute atomic E-state index is 0.0166. The van der Waals surface area contributed by atoms with Crippen LogP contribution >= 0.6 is 34.7 Å². The van der Waals surface area contributed by atoms with Crippen molar-refractivity contribution in [3.63, 3.8) is 0 Å². The van der Waals surface area contributed by atoms with Crippen LogP contribution in [0.25, 0.3) is 0 Å². The normalized spacial score (nSPS) is 17.7. The Balaban J connectivity index is 1.45. The topological polar surface area (TPSA) is 62.2 Å². The standard InChI is InChI=1S/C17H20ClN5OS2/c18-13-10-12(15(24)22-6-2-1-3-7-22)11-19-14(13)25-17-21-20-16(26-17)23-8-4-5-9-23/h10-11H,1-9H2. The molecular formula is C17H20ClN5OS2. The third-order valence-corrected chi connectivity index (χ3v) is 7.11. The molecule has 4 rings (SSSR count). The van der Waals surface area contributed by atoms with Crippen molar-refractivity contribution in [2.45, 2.75) is 41.5 Å². The Labute approximate surface area is 166 Å². The van der Waals surface area contributed by atoms with Crippen molar-refractivity contribution >= 4 is 45.7 Å². The number of pyridine rings is 1. The average Bonchev–Trinajstić information content (AvgIpc) is 3.35. The number of anilines is 1. The maximum absolute atomic E-state index is 12.6. The van der Waals surface area contributed by atoms with Gasteiger partial charge in [-0.2, -0.15) is 0 Å². The van der Waals surface area contributed by atoms with Gasteiger partial charge in [-0.15, -0.1) is 10.2 Å². The fourth-order valence-electron chi connectivity index (χ4n) is 3.26. The Bertz CT molecular complexity index is 787. The van der Waals surface area contributed by atoms with Crippen LogP contribution in [0.15, 0.2) is 21.6 Å². The number of carbonyl (C=O) groups excluding carboxylic acids is 1. The number of hydrogen-bond acceptors (Lipinski definition) is 7. The van der Waals surface area contributed by atoms with Crippen molar-refractivity contribution < 1.29 is 4.79 Å². The third-order valence-electron chi connectivity index (χ3n) is 4.65. The smallest absolute Gasteiger partial charge is 0.255 e. The van der Waals surface area contributed by atoms with Crippen molar-refractivity contribution in [2.24, 2.45) is 0 Å². The lowest BCUT2D eigenvalue weighted by molar-refractivity contribution is 0.0724. The SMILES string of the molecule is O=C(c1cnc(Sc2nnc(N3CCCC3)s2)c(Cl)c1)N1CCCCC1. The maximum Gasteiger partial charge on any atom is 0.255 e. The van der Waals surface area contributed by atoms with Crippen LogP contribution in [0, 0.1) is 0 Å². The molecule has 0 aromatic carbocycles. The minimum Gasteiger partial charge on any atom is -0.347 e. The summed E-state index contributed by atoms with van der Waals surface area (Å²) in [4.78, 5) is 21.1. The van der Waals surface area contributed by atoms with Crippen LogP contribution in [-0.4, -0.2) is 52.2 Å². The largest absolute Gasteiger partial charge is 0.347 e. The van der Waals surface area contributed by atoms with Crippen molar-refractivity contribution in [3.8, 4) is 0 Å². The van der Waals surface area contributed by atoms with E-state index in [4.69, 9.17) is 11.6 Å². The van der Waals surface area contributed by atoms with Crippen LogP contribution in [-0.2, 0) is 0 Å². The molecule has 0 atom stereocenters. The summed E-state index contributed by atoms with van der Waals surface area (Å²) < 4.78 is 0.816. The Morgan fingerprint density at radius 1 is 1.08 bits per heavy atom. The van der Waals surface area contributed by atoms with Gasteiger partial charge in [0.05, 0.1) is 10.6 Å². The summed E-state index contributed by atoms with van der Waals surface area (Å²) in [6.07, 6.45) is 7.37. The number of likely N-dealkylation sites (tertiary alicyclic amines) is 1. The van der Waals surface area contributed by atoms with E-state index in [-0.39, 0.29) is 5.91 Å². The lowest BCUT2D eigenvalue weighted by Gasteiger charge is -2.26. The molecule has 4 heterocycles. The van der Waals surface area contributed by atoms with Crippen LogP contribution in [0.3, 0.4) is 0 Å². The van der Waals surface area contributed by atoms with Gasteiger partial charge in [0.1, 0.15) is 5.03 Å². The highest BCUT2D eigenvalue weighted by atomic mass is 35.5. The number of carbonyl (C=O) groups is 1. The molecule has 0 bridgehead atoms. The first kappa shape index (κ1) is 18.0. The number of hydrogen-bond donors (Lipinski definition) is 0. The van der Waals surface area contributed by atoms with Crippen molar-refractivity contribution in [1.82, 2.24) is 20.1 Å². The highest BCUT2D eigenvalue weighted by Gasteiger charge is 2.21. The molecule has 0 aliphatic carbocycles. The Kier molecular flexibility index (Phi) is 5.61. The van der Waals surface area contributed by atoms with E-state index in [2.05, 4.69) is 20.1 Å². The molecule has 0 saturated carbocycles. The molecule has 2 aromatic rings. The van der Waals surface area contributed by atoms with Crippen LogP contribution in [0.1, 0.15) is 42.5 Å². The Morgan fingerprint density at radius 3 is 2.54 bits per heavy atom. The van der Waals surface area contributed by atoms with Gasteiger partial charge >= 0.3 is 0 Å². The summed E-state index contributed by atoms with van der Waals surface area (Å²) in [6, 6.07) is 1.72. The van der Waals surface area contributed by atoms with E-state index in [9.17, 15) is 4.79 Å². The fourth-order valence-corrected chi connectivity index (χ4v) is 5.31. The molecule has 2 fully saturated rings. The summed E-state index contributed by atoms with van der Waals surface area (Å²) in [5.41, 5.74) is 0.552. The molecule has 2 aliphatic rings. The first-order valence-corrected chi connectivity index (χ1v) is 10.9. The van der Waals surface area contributed by atoms with E-state index >= 15 is 0 Å². The second-order valence-electron chi connectivity index (χ2n) is 6.51. The zero-order valence-corrected chi connectivity index (χ0v) is 16.7. The summed E-state index contributed by atoms with van der Waals surface area (Å²) in [5, 5.41) is 10.6. The molecule has 6 nitrogen and oxygen atoms in total. The van der Waals surface area contributed by atoms with Crippen molar-refractivity contribution in [2.75, 3.05) is 31.1 Å². The summed E-state index contributed by atoms with van der Waals surface area (Å²) in [5.74, 6) is 0.0166. The molecule has 0 radical (unpaired) electrons. The zero-order chi connectivity index (χ0) is 17.9. The van der Waals surface area contributed by atoms with Gasteiger partial charge < -0.3 is 9.80 Å². The second kappa shape index (κ2) is 8.10. The van der Waals surface area contributed by atoms with Crippen molar-refractivity contribution in [1.29, 1.82) is 0 Å². The molecule has 0 N–H and O–H groups in total. The lowest BCUT2D eigenvalue weighted by Crippen LogP contribution is -2.35. The number of piperidine rings is 1. The second-order valence-corrected chi connectivity index (χ2v) is 9.11. The summed E-state index contributed by atoms with van der Waals surface area (Å²) in [7, 11) is 0. The molecule has 0 spiro atoms.